The maximum Gasteiger partial charge on any atom is 0.306 e. The van der Waals surface area contributed by atoms with Crippen LogP contribution in [0.25, 0.3) is 0 Å². The lowest BCUT2D eigenvalue weighted by atomic mass is 9.46. The van der Waals surface area contributed by atoms with Gasteiger partial charge in [0.1, 0.15) is 6.61 Å². The SMILES string of the molecule is CCCCC(=O)O[C@@]1(C(=O)CO)CC[C@@H]2[C@H]3CCC4=CC(=O)C=C[C@]4(C)[C@@H]3[C@H](O)C[C@]21C. The minimum absolute atomic E-state index is 0.00141. The van der Waals surface area contributed by atoms with Crippen molar-refractivity contribution >= 4 is 17.5 Å². The van der Waals surface area contributed by atoms with Crippen LogP contribution < -0.4 is 0 Å². The molecule has 3 fully saturated rings. The number of carbonyl (C=O) groups is 3. The fourth-order valence-electron chi connectivity index (χ4n) is 7.69. The number of carbonyl (C=O) groups excluding carboxylic acids is 3. The quantitative estimate of drug-likeness (QED) is 0.610. The van der Waals surface area contributed by atoms with Gasteiger partial charge in [-0.05, 0) is 62.5 Å². The molecule has 176 valence electrons. The Morgan fingerprint density at radius 3 is 2.69 bits per heavy atom. The molecule has 4 aliphatic carbocycles. The summed E-state index contributed by atoms with van der Waals surface area (Å²) in [7, 11) is 0. The number of esters is 1. The smallest absolute Gasteiger partial charge is 0.306 e. The lowest BCUT2D eigenvalue weighted by Gasteiger charge is -2.59. The van der Waals surface area contributed by atoms with Gasteiger partial charge in [-0.3, -0.25) is 14.4 Å². The summed E-state index contributed by atoms with van der Waals surface area (Å²) in [6.07, 6.45) is 9.42. The highest BCUT2D eigenvalue weighted by molar-refractivity contribution is 6.01. The molecule has 0 aromatic carbocycles. The van der Waals surface area contributed by atoms with Gasteiger partial charge in [0.25, 0.3) is 0 Å². The molecule has 6 heteroatoms. The van der Waals surface area contributed by atoms with Crippen LogP contribution in [0.1, 0.15) is 72.1 Å². The molecule has 4 aliphatic rings. The number of aliphatic hydroxyl groups excluding tert-OH is 2. The van der Waals surface area contributed by atoms with Crippen LogP contribution in [0, 0.1) is 28.6 Å². The van der Waals surface area contributed by atoms with E-state index in [2.05, 4.69) is 6.92 Å². The zero-order valence-corrected chi connectivity index (χ0v) is 19.4. The van der Waals surface area contributed by atoms with Gasteiger partial charge in [0.05, 0.1) is 6.10 Å². The van der Waals surface area contributed by atoms with Crippen LogP contribution in [-0.4, -0.2) is 46.1 Å². The molecular weight excluding hydrogens is 408 g/mol. The number of unbranched alkanes of at least 4 members (excludes halogenated alkanes) is 1. The van der Waals surface area contributed by atoms with E-state index in [1.165, 1.54) is 0 Å². The Hall–Kier alpha value is -1.79. The van der Waals surface area contributed by atoms with Crippen LogP contribution in [0.2, 0.25) is 0 Å². The van der Waals surface area contributed by atoms with Gasteiger partial charge in [0.15, 0.2) is 11.4 Å². The first-order valence-electron chi connectivity index (χ1n) is 12.1. The van der Waals surface area contributed by atoms with Crippen molar-refractivity contribution in [2.45, 2.75) is 83.8 Å². The normalized spacial score (nSPS) is 42.5. The molecule has 0 unspecified atom stereocenters. The Kier molecular flexibility index (Phi) is 6.00. The van der Waals surface area contributed by atoms with Crippen LogP contribution in [0.4, 0.5) is 0 Å². The Bertz CT molecular complexity index is 874. The van der Waals surface area contributed by atoms with E-state index in [1.807, 2.05) is 19.9 Å². The average molecular weight is 445 g/mol. The fraction of sp³-hybridized carbons (Fsp3) is 0.731. The molecule has 0 aromatic rings. The summed E-state index contributed by atoms with van der Waals surface area (Å²) in [5.41, 5.74) is -1.43. The summed E-state index contributed by atoms with van der Waals surface area (Å²) < 4.78 is 5.97. The van der Waals surface area contributed by atoms with Gasteiger partial charge in [0, 0.05) is 23.2 Å². The third-order valence-electron chi connectivity index (χ3n) is 9.23. The summed E-state index contributed by atoms with van der Waals surface area (Å²) in [6, 6.07) is 0. The Morgan fingerprint density at radius 1 is 1.25 bits per heavy atom. The van der Waals surface area contributed by atoms with Crippen molar-refractivity contribution in [3.63, 3.8) is 0 Å². The maximum atomic E-state index is 13.1. The molecule has 0 heterocycles. The molecule has 4 rings (SSSR count). The number of fused-ring (bicyclic) bond motifs is 5. The molecular formula is C26H36O6. The zero-order valence-electron chi connectivity index (χ0n) is 19.4. The molecule has 0 saturated heterocycles. The van der Waals surface area contributed by atoms with Crippen molar-refractivity contribution in [1.82, 2.24) is 0 Å². The molecule has 0 amide bonds. The minimum Gasteiger partial charge on any atom is -0.450 e. The summed E-state index contributed by atoms with van der Waals surface area (Å²) in [5.74, 6) is -0.675. The average Bonchev–Trinajstić information content (AvgIpc) is 3.04. The van der Waals surface area contributed by atoms with Gasteiger partial charge in [-0.25, -0.2) is 0 Å². The van der Waals surface area contributed by atoms with E-state index in [4.69, 9.17) is 4.74 Å². The van der Waals surface area contributed by atoms with Crippen molar-refractivity contribution in [3.8, 4) is 0 Å². The van der Waals surface area contributed by atoms with Crippen molar-refractivity contribution in [2.75, 3.05) is 6.61 Å². The summed E-state index contributed by atoms with van der Waals surface area (Å²) in [6.45, 7) is 5.39. The number of rotatable bonds is 6. The lowest BCUT2D eigenvalue weighted by molar-refractivity contribution is -0.200. The van der Waals surface area contributed by atoms with Crippen molar-refractivity contribution < 1.29 is 29.3 Å². The Morgan fingerprint density at radius 2 is 2.00 bits per heavy atom. The van der Waals surface area contributed by atoms with E-state index in [-0.39, 0.29) is 35.4 Å². The molecule has 0 aliphatic heterocycles. The zero-order chi connectivity index (χ0) is 23.3. The lowest BCUT2D eigenvalue weighted by Crippen LogP contribution is -2.63. The number of ketones is 2. The van der Waals surface area contributed by atoms with E-state index in [9.17, 15) is 24.6 Å². The van der Waals surface area contributed by atoms with Crippen LogP contribution in [0.3, 0.4) is 0 Å². The predicted molar refractivity (Wildman–Crippen MR) is 118 cm³/mol. The Labute approximate surface area is 190 Å². The second-order valence-corrected chi connectivity index (χ2v) is 10.7. The van der Waals surface area contributed by atoms with E-state index in [0.717, 1.165) is 31.3 Å². The van der Waals surface area contributed by atoms with Crippen molar-refractivity contribution in [2.24, 2.45) is 28.6 Å². The van der Waals surface area contributed by atoms with E-state index in [0.29, 0.717) is 19.3 Å². The summed E-state index contributed by atoms with van der Waals surface area (Å²) in [4.78, 5) is 37.8. The topological polar surface area (TPSA) is 101 Å². The van der Waals surface area contributed by atoms with Gasteiger partial charge in [0.2, 0.25) is 5.78 Å². The molecule has 0 spiro atoms. The molecule has 3 saturated carbocycles. The minimum atomic E-state index is -1.39. The number of Topliss-reactive ketones (excluding diaryl/α,β-unsaturated/α-hetero) is 1. The van der Waals surface area contributed by atoms with E-state index < -0.39 is 35.5 Å². The monoisotopic (exact) mass is 444 g/mol. The molecule has 6 nitrogen and oxygen atoms in total. The maximum absolute atomic E-state index is 13.1. The first-order chi connectivity index (χ1) is 15.1. The van der Waals surface area contributed by atoms with Crippen LogP contribution in [-0.2, 0) is 19.1 Å². The second-order valence-electron chi connectivity index (χ2n) is 10.7. The third kappa shape index (κ3) is 3.25. The summed E-state index contributed by atoms with van der Waals surface area (Å²) >= 11 is 0. The van der Waals surface area contributed by atoms with Crippen molar-refractivity contribution in [3.05, 3.63) is 23.8 Å². The molecule has 0 radical (unpaired) electrons. The summed E-state index contributed by atoms with van der Waals surface area (Å²) in [5, 5.41) is 21.3. The van der Waals surface area contributed by atoms with Gasteiger partial charge in [-0.2, -0.15) is 0 Å². The number of hydrogen-bond donors (Lipinski definition) is 2. The van der Waals surface area contributed by atoms with Gasteiger partial charge >= 0.3 is 5.97 Å². The first-order valence-corrected chi connectivity index (χ1v) is 12.1. The molecule has 0 aromatic heterocycles. The highest BCUT2D eigenvalue weighted by atomic mass is 16.6. The number of aliphatic hydroxyl groups is 2. The highest BCUT2D eigenvalue weighted by Gasteiger charge is 2.70. The van der Waals surface area contributed by atoms with Gasteiger partial charge < -0.3 is 14.9 Å². The number of ether oxygens (including phenoxy) is 1. The van der Waals surface area contributed by atoms with Crippen LogP contribution >= 0.6 is 0 Å². The molecule has 2 N–H and O–H groups in total. The largest absolute Gasteiger partial charge is 0.450 e. The predicted octanol–water partition coefficient (Wildman–Crippen LogP) is 3.30. The van der Waals surface area contributed by atoms with Gasteiger partial charge in [-0.1, -0.05) is 38.8 Å². The first kappa shape index (κ1) is 23.4. The standard InChI is InChI=1S/C26H36O6/c1-4-5-6-22(31)32-26(21(30)15-27)12-10-19-18-8-7-16-13-17(28)9-11-24(16,2)23(18)20(29)14-25(19,26)3/h9,11,13,18-20,23,27,29H,4-8,10,12,14-15H2,1-3H3/t18-,19-,20-,23+,24+,25-,26-/m1/s1. The van der Waals surface area contributed by atoms with E-state index in [1.54, 1.807) is 12.2 Å². The number of allylic oxidation sites excluding steroid dienone is 4. The highest BCUT2D eigenvalue weighted by Crippen LogP contribution is 2.67. The number of hydrogen-bond acceptors (Lipinski definition) is 6. The molecule has 0 bridgehead atoms. The second kappa shape index (κ2) is 8.21. The van der Waals surface area contributed by atoms with Gasteiger partial charge in [-0.15, -0.1) is 0 Å². The third-order valence-corrected chi connectivity index (χ3v) is 9.23. The van der Waals surface area contributed by atoms with E-state index >= 15 is 0 Å². The van der Waals surface area contributed by atoms with Crippen molar-refractivity contribution in [1.29, 1.82) is 0 Å². The van der Waals surface area contributed by atoms with Crippen LogP contribution in [0.15, 0.2) is 23.8 Å². The fourth-order valence-corrected chi connectivity index (χ4v) is 7.69. The Balaban J connectivity index is 1.70. The molecule has 7 atom stereocenters. The van der Waals surface area contributed by atoms with Crippen LogP contribution in [0.5, 0.6) is 0 Å². The molecule has 32 heavy (non-hydrogen) atoms.